The second kappa shape index (κ2) is 9.00. The van der Waals surface area contributed by atoms with Gasteiger partial charge in [-0.3, -0.25) is 9.78 Å². The number of fused-ring (bicyclic) bond motifs is 1. The number of hydrogen-bond donors (Lipinski definition) is 1. The molecule has 2 aromatic heterocycles. The van der Waals surface area contributed by atoms with Gasteiger partial charge in [0.15, 0.2) is 0 Å². The molecule has 0 radical (unpaired) electrons. The van der Waals surface area contributed by atoms with Gasteiger partial charge in [-0.1, -0.05) is 44.2 Å². The number of aromatic nitrogens is 3. The molecule has 1 aliphatic rings. The van der Waals surface area contributed by atoms with Gasteiger partial charge >= 0.3 is 0 Å². The molecule has 28 heavy (non-hydrogen) atoms. The van der Waals surface area contributed by atoms with E-state index in [0.29, 0.717) is 12.1 Å². The van der Waals surface area contributed by atoms with Crippen LogP contribution in [0.25, 0.3) is 11.0 Å². The third-order valence-corrected chi connectivity index (χ3v) is 5.80. The molecule has 1 aromatic carbocycles. The molecule has 0 unspecified atom stereocenters. The van der Waals surface area contributed by atoms with E-state index in [-0.39, 0.29) is 5.91 Å². The maximum atomic E-state index is 12.3. The van der Waals surface area contributed by atoms with Gasteiger partial charge in [0.05, 0.1) is 11.0 Å². The van der Waals surface area contributed by atoms with Crippen LogP contribution in [0.5, 0.6) is 0 Å². The molecule has 1 saturated carbocycles. The van der Waals surface area contributed by atoms with E-state index in [1.165, 1.54) is 44.0 Å². The van der Waals surface area contributed by atoms with Crippen molar-refractivity contribution in [3.8, 4) is 0 Å². The van der Waals surface area contributed by atoms with Crippen LogP contribution in [0, 0.1) is 5.92 Å². The summed E-state index contributed by atoms with van der Waals surface area (Å²) in [6, 6.07) is 11.8. The maximum Gasteiger partial charge on any atom is 0.251 e. The number of imidazole rings is 1. The number of nitrogens with one attached hydrogen (secondary N) is 1. The van der Waals surface area contributed by atoms with E-state index in [1.54, 1.807) is 24.5 Å². The molecule has 2 heterocycles. The minimum absolute atomic E-state index is 0.0627. The Hall–Kier alpha value is -2.69. The summed E-state index contributed by atoms with van der Waals surface area (Å²) < 4.78 is 2.36. The fourth-order valence-electron chi connectivity index (χ4n) is 4.25. The number of benzene rings is 1. The Kier molecular flexibility index (Phi) is 6.00. The SMILES string of the molecule is O=C(NCCc1nc2ccccc2n1CCC1CCCCC1)c1ccncc1. The molecule has 0 bridgehead atoms. The van der Waals surface area contributed by atoms with Crippen molar-refractivity contribution < 1.29 is 4.79 Å². The number of hydrogen-bond acceptors (Lipinski definition) is 3. The second-order valence-corrected chi connectivity index (χ2v) is 7.70. The van der Waals surface area contributed by atoms with Crippen molar-refractivity contribution in [3.63, 3.8) is 0 Å². The van der Waals surface area contributed by atoms with Crippen LogP contribution in [0.1, 0.15) is 54.7 Å². The van der Waals surface area contributed by atoms with Crippen LogP contribution in [0.15, 0.2) is 48.8 Å². The van der Waals surface area contributed by atoms with Gasteiger partial charge in [-0.05, 0) is 36.6 Å². The second-order valence-electron chi connectivity index (χ2n) is 7.70. The molecule has 5 nitrogen and oxygen atoms in total. The number of amides is 1. The van der Waals surface area contributed by atoms with Crippen LogP contribution in [0.2, 0.25) is 0 Å². The summed E-state index contributed by atoms with van der Waals surface area (Å²) >= 11 is 0. The molecule has 1 N–H and O–H groups in total. The molecule has 1 amide bonds. The number of carbonyl (C=O) groups excluding carboxylic acids is 1. The third kappa shape index (κ3) is 4.41. The summed E-state index contributed by atoms with van der Waals surface area (Å²) in [4.78, 5) is 21.1. The third-order valence-electron chi connectivity index (χ3n) is 5.80. The largest absolute Gasteiger partial charge is 0.352 e. The first kappa shape index (κ1) is 18.7. The fraction of sp³-hybridized carbons (Fsp3) is 0.435. The quantitative estimate of drug-likeness (QED) is 0.666. The summed E-state index contributed by atoms with van der Waals surface area (Å²) in [5, 5.41) is 3.00. The Bertz CT molecular complexity index is 913. The highest BCUT2D eigenvalue weighted by Crippen LogP contribution is 2.27. The van der Waals surface area contributed by atoms with Crippen LogP contribution in [-0.2, 0) is 13.0 Å². The predicted molar refractivity (Wildman–Crippen MR) is 111 cm³/mol. The van der Waals surface area contributed by atoms with Crippen molar-refractivity contribution in [3.05, 3.63) is 60.2 Å². The highest BCUT2D eigenvalue weighted by molar-refractivity contribution is 5.93. The summed E-state index contributed by atoms with van der Waals surface area (Å²) in [6.07, 6.45) is 12.1. The zero-order chi connectivity index (χ0) is 19.2. The lowest BCUT2D eigenvalue weighted by molar-refractivity contribution is 0.0954. The monoisotopic (exact) mass is 376 g/mol. The summed E-state index contributed by atoms with van der Waals surface area (Å²) in [7, 11) is 0. The van der Waals surface area contributed by atoms with Gasteiger partial charge in [-0.15, -0.1) is 0 Å². The van der Waals surface area contributed by atoms with Crippen LogP contribution < -0.4 is 5.32 Å². The molecule has 0 aliphatic heterocycles. The van der Waals surface area contributed by atoms with Crippen LogP contribution in [-0.4, -0.2) is 27.0 Å². The first-order valence-electron chi connectivity index (χ1n) is 10.4. The van der Waals surface area contributed by atoms with Gasteiger partial charge in [0, 0.05) is 37.5 Å². The minimum atomic E-state index is -0.0627. The summed E-state index contributed by atoms with van der Waals surface area (Å²) in [6.45, 7) is 1.59. The van der Waals surface area contributed by atoms with Crippen molar-refractivity contribution >= 4 is 16.9 Å². The first-order valence-corrected chi connectivity index (χ1v) is 10.4. The van der Waals surface area contributed by atoms with Gasteiger partial charge in [-0.2, -0.15) is 0 Å². The molecule has 0 spiro atoms. The van der Waals surface area contributed by atoms with Gasteiger partial charge in [0.2, 0.25) is 0 Å². The Morgan fingerprint density at radius 3 is 2.68 bits per heavy atom. The fourth-order valence-corrected chi connectivity index (χ4v) is 4.25. The molecule has 3 aromatic rings. The molecular weight excluding hydrogens is 348 g/mol. The molecule has 4 rings (SSSR count). The van der Waals surface area contributed by atoms with Gasteiger partial charge < -0.3 is 9.88 Å². The number of aryl methyl sites for hydroxylation is 1. The standard InChI is InChI=1S/C23H28N4O/c28-23(19-10-14-24-15-11-19)25-16-12-22-26-20-8-4-5-9-21(20)27(22)17-13-18-6-2-1-3-7-18/h4-5,8-11,14-15,18H,1-3,6-7,12-13,16-17H2,(H,25,28). The first-order chi connectivity index (χ1) is 13.8. The normalized spacial score (nSPS) is 15.0. The molecule has 0 saturated heterocycles. The molecule has 146 valence electrons. The van der Waals surface area contributed by atoms with E-state index in [0.717, 1.165) is 30.2 Å². The lowest BCUT2D eigenvalue weighted by atomic mass is 9.87. The zero-order valence-corrected chi connectivity index (χ0v) is 16.3. The summed E-state index contributed by atoms with van der Waals surface area (Å²) in [5.41, 5.74) is 2.89. The summed E-state index contributed by atoms with van der Waals surface area (Å²) in [5.74, 6) is 1.84. The van der Waals surface area contributed by atoms with Gasteiger partial charge in [0.25, 0.3) is 5.91 Å². The van der Waals surface area contributed by atoms with Crippen molar-refractivity contribution in [2.45, 2.75) is 51.5 Å². The van der Waals surface area contributed by atoms with Crippen LogP contribution >= 0.6 is 0 Å². The lowest BCUT2D eigenvalue weighted by Gasteiger charge is -2.22. The van der Waals surface area contributed by atoms with E-state index in [4.69, 9.17) is 4.98 Å². The Morgan fingerprint density at radius 1 is 1.07 bits per heavy atom. The van der Waals surface area contributed by atoms with Crippen molar-refractivity contribution in [1.82, 2.24) is 19.9 Å². The number of carbonyl (C=O) groups is 1. The van der Waals surface area contributed by atoms with Crippen molar-refractivity contribution in [2.75, 3.05) is 6.54 Å². The predicted octanol–water partition coefficient (Wildman–Crippen LogP) is 4.37. The highest BCUT2D eigenvalue weighted by Gasteiger charge is 2.16. The van der Waals surface area contributed by atoms with E-state index in [9.17, 15) is 4.79 Å². The van der Waals surface area contributed by atoms with E-state index >= 15 is 0 Å². The van der Waals surface area contributed by atoms with Crippen molar-refractivity contribution in [2.24, 2.45) is 5.92 Å². The number of nitrogens with zero attached hydrogens (tertiary/aromatic N) is 3. The average molecular weight is 377 g/mol. The lowest BCUT2D eigenvalue weighted by Crippen LogP contribution is -2.26. The van der Waals surface area contributed by atoms with Gasteiger partial charge in [-0.25, -0.2) is 4.98 Å². The van der Waals surface area contributed by atoms with Crippen LogP contribution in [0.3, 0.4) is 0 Å². The zero-order valence-electron chi connectivity index (χ0n) is 16.3. The number of para-hydroxylation sites is 2. The molecule has 1 fully saturated rings. The molecule has 0 atom stereocenters. The molecule has 5 heteroatoms. The average Bonchev–Trinajstić information content (AvgIpc) is 3.11. The maximum absolute atomic E-state index is 12.3. The number of pyridine rings is 1. The molecule has 1 aliphatic carbocycles. The molecular formula is C23H28N4O. The van der Waals surface area contributed by atoms with Crippen LogP contribution in [0.4, 0.5) is 0 Å². The number of rotatable bonds is 7. The minimum Gasteiger partial charge on any atom is -0.352 e. The van der Waals surface area contributed by atoms with E-state index in [1.807, 2.05) is 6.07 Å². The van der Waals surface area contributed by atoms with E-state index in [2.05, 4.69) is 33.1 Å². The topological polar surface area (TPSA) is 59.8 Å². The Balaban J connectivity index is 1.42. The van der Waals surface area contributed by atoms with Gasteiger partial charge in [0.1, 0.15) is 5.82 Å². The Labute approximate surface area is 166 Å². The van der Waals surface area contributed by atoms with E-state index < -0.39 is 0 Å². The van der Waals surface area contributed by atoms with Crippen molar-refractivity contribution in [1.29, 1.82) is 0 Å². The smallest absolute Gasteiger partial charge is 0.251 e. The highest BCUT2D eigenvalue weighted by atomic mass is 16.1. The Morgan fingerprint density at radius 2 is 1.86 bits per heavy atom.